The number of benzene rings is 6. The molecular weight excluding hydrogens is 869 g/mol. The van der Waals surface area contributed by atoms with Crippen LogP contribution in [-0.2, 0) is 17.3 Å². The van der Waals surface area contributed by atoms with Crippen molar-refractivity contribution in [3.63, 3.8) is 0 Å². The number of aliphatic imine (C=N–C) groups is 2. The minimum absolute atomic E-state index is 0.0190. The molecule has 0 radical (unpaired) electrons. The van der Waals surface area contributed by atoms with Gasteiger partial charge in [-0.25, -0.2) is 9.98 Å². The molecule has 6 aromatic carbocycles. The van der Waals surface area contributed by atoms with Crippen molar-refractivity contribution in [1.29, 1.82) is 0 Å². The Morgan fingerprint density at radius 3 is 1.60 bits per heavy atom. The number of nitrogens with zero attached hydrogens (tertiary/aromatic N) is 2. The zero-order valence-corrected chi connectivity index (χ0v) is 46.1. The van der Waals surface area contributed by atoms with Crippen molar-refractivity contribution in [3.05, 3.63) is 263 Å². The van der Waals surface area contributed by atoms with E-state index in [1.165, 1.54) is 61.2 Å². The number of amidine groups is 1. The van der Waals surface area contributed by atoms with E-state index in [0.29, 0.717) is 11.5 Å². The van der Waals surface area contributed by atoms with Gasteiger partial charge in [-0.15, -0.1) is 0 Å². The van der Waals surface area contributed by atoms with Crippen LogP contribution >= 0.6 is 0 Å². The molecule has 0 aliphatic heterocycles. The zero-order chi connectivity index (χ0) is 53.0. The van der Waals surface area contributed by atoms with Gasteiger partial charge in [0.05, 0.1) is 5.70 Å². The Labute approximate surface area is 435 Å². The molecular formula is C70H80N2. The summed E-state index contributed by atoms with van der Waals surface area (Å²) < 4.78 is 0. The van der Waals surface area contributed by atoms with Crippen LogP contribution in [-0.4, -0.2) is 11.5 Å². The molecule has 0 amide bonds. The summed E-state index contributed by atoms with van der Waals surface area (Å²) >= 11 is 0. The predicted octanol–water partition coefficient (Wildman–Crippen LogP) is 19.5. The molecule has 7 rings (SSSR count). The minimum Gasteiger partial charge on any atom is -0.233 e. The van der Waals surface area contributed by atoms with Crippen LogP contribution in [0.3, 0.4) is 0 Å². The van der Waals surface area contributed by atoms with E-state index in [-0.39, 0.29) is 16.2 Å². The van der Waals surface area contributed by atoms with Crippen molar-refractivity contribution in [3.8, 4) is 33.4 Å². The summed E-state index contributed by atoms with van der Waals surface area (Å²) in [6, 6.07) is 45.9. The maximum atomic E-state index is 5.19. The molecule has 0 heterocycles. The monoisotopic (exact) mass is 949 g/mol. The lowest BCUT2D eigenvalue weighted by Gasteiger charge is -2.44. The Bertz CT molecular complexity index is 3080. The van der Waals surface area contributed by atoms with E-state index in [1.54, 1.807) is 12.2 Å². The second kappa shape index (κ2) is 24.3. The third kappa shape index (κ3) is 12.1. The topological polar surface area (TPSA) is 24.7 Å². The predicted molar refractivity (Wildman–Crippen MR) is 319 cm³/mol. The zero-order valence-electron chi connectivity index (χ0n) is 46.1. The summed E-state index contributed by atoms with van der Waals surface area (Å²) in [5.74, 6) is 0.568. The van der Waals surface area contributed by atoms with E-state index in [0.717, 1.165) is 45.5 Å². The van der Waals surface area contributed by atoms with Crippen LogP contribution in [0.5, 0.6) is 0 Å². The highest BCUT2D eigenvalue weighted by Gasteiger charge is 2.56. The van der Waals surface area contributed by atoms with E-state index in [4.69, 9.17) is 9.98 Å². The number of rotatable bonds is 13. The Kier molecular flexibility index (Phi) is 18.8. The maximum Gasteiger partial charge on any atom is 0.160 e. The van der Waals surface area contributed by atoms with E-state index >= 15 is 0 Å². The Morgan fingerprint density at radius 2 is 1.08 bits per heavy atom. The second-order valence-electron chi connectivity index (χ2n) is 20.3. The Hall–Kier alpha value is -7.16. The summed E-state index contributed by atoms with van der Waals surface area (Å²) in [5.41, 5.74) is 21.9. The maximum absolute atomic E-state index is 5.19. The van der Waals surface area contributed by atoms with Gasteiger partial charge < -0.3 is 0 Å². The molecule has 0 bridgehead atoms. The lowest BCUT2D eigenvalue weighted by atomic mass is 9.59. The second-order valence-corrected chi connectivity index (χ2v) is 20.3. The van der Waals surface area contributed by atoms with Gasteiger partial charge in [-0.2, -0.15) is 0 Å². The van der Waals surface area contributed by atoms with Crippen molar-refractivity contribution < 1.29 is 0 Å². The third-order valence-electron chi connectivity index (χ3n) is 15.2. The molecule has 0 N–H and O–H groups in total. The van der Waals surface area contributed by atoms with Gasteiger partial charge in [-0.3, -0.25) is 0 Å². The van der Waals surface area contributed by atoms with E-state index in [2.05, 4.69) is 212 Å². The normalized spacial score (nSPS) is 14.9. The molecule has 0 saturated carbocycles. The first-order valence-electron chi connectivity index (χ1n) is 25.6. The highest BCUT2D eigenvalue weighted by Crippen LogP contribution is 2.62. The molecule has 0 fully saturated rings. The minimum atomic E-state index is 0.0190. The van der Waals surface area contributed by atoms with Crippen LogP contribution in [0.1, 0.15) is 119 Å². The van der Waals surface area contributed by atoms with E-state index < -0.39 is 0 Å². The van der Waals surface area contributed by atoms with Gasteiger partial charge >= 0.3 is 0 Å². The summed E-state index contributed by atoms with van der Waals surface area (Å²) in [5, 5.41) is 0. The lowest BCUT2D eigenvalue weighted by Crippen LogP contribution is -2.42. The first kappa shape index (κ1) is 55.8. The van der Waals surface area contributed by atoms with E-state index in [1.807, 2.05) is 69.3 Å². The van der Waals surface area contributed by atoms with Crippen LogP contribution in [0.25, 0.3) is 33.4 Å². The van der Waals surface area contributed by atoms with Gasteiger partial charge in [0.2, 0.25) is 0 Å². The number of allylic oxidation sites excluding steroid dienone is 8. The van der Waals surface area contributed by atoms with Gasteiger partial charge in [0, 0.05) is 11.3 Å². The number of aryl methyl sites for hydroxylation is 4. The van der Waals surface area contributed by atoms with Crippen LogP contribution in [0.4, 0.5) is 0 Å². The van der Waals surface area contributed by atoms with Gasteiger partial charge in [0.25, 0.3) is 0 Å². The molecule has 1 aliphatic rings. The number of fused-ring (bicyclic) bond motifs is 1. The molecule has 0 atom stereocenters. The largest absolute Gasteiger partial charge is 0.233 e. The van der Waals surface area contributed by atoms with Gasteiger partial charge in [0.15, 0.2) is 5.84 Å². The molecule has 0 unspecified atom stereocenters. The van der Waals surface area contributed by atoms with Gasteiger partial charge in [-0.1, -0.05) is 239 Å². The molecule has 0 saturated heterocycles. The van der Waals surface area contributed by atoms with E-state index in [9.17, 15) is 0 Å². The molecule has 1 aliphatic carbocycles. The van der Waals surface area contributed by atoms with Crippen molar-refractivity contribution in [1.82, 2.24) is 0 Å². The number of hydrogen-bond acceptors (Lipinski definition) is 1. The smallest absolute Gasteiger partial charge is 0.160 e. The highest BCUT2D eigenvalue weighted by atomic mass is 14.9. The van der Waals surface area contributed by atoms with Crippen molar-refractivity contribution in [2.24, 2.45) is 15.4 Å². The van der Waals surface area contributed by atoms with Crippen molar-refractivity contribution in [2.45, 2.75) is 114 Å². The first-order valence-corrected chi connectivity index (χ1v) is 25.6. The van der Waals surface area contributed by atoms with Crippen LogP contribution in [0.2, 0.25) is 0 Å². The van der Waals surface area contributed by atoms with Crippen LogP contribution in [0.15, 0.2) is 223 Å². The summed E-state index contributed by atoms with van der Waals surface area (Å²) in [6.07, 6.45) is 14.3. The SMILES string of the molecule is C=C/C=C(\C=C/C)Cc1ccc(C(N=C(C)c2ccccc2)=NC(=C)/C(C=C)=C/C=C)cc1-c1cc(-c2ccc(C)c(-c3cc4c(cc3C)C(C)(C)C(C)(C)C4(C)C)c2)ccc1C.CC.Cc1ccccc1. The number of hydrogen-bond donors (Lipinski definition) is 0. The van der Waals surface area contributed by atoms with Crippen molar-refractivity contribution in [2.75, 3.05) is 0 Å². The molecule has 370 valence electrons. The molecule has 0 spiro atoms. The fraction of sp³-hybridized carbons (Fsp3) is 0.257. The average Bonchev–Trinajstić information content (AvgIpc) is 3.46. The van der Waals surface area contributed by atoms with Crippen molar-refractivity contribution >= 4 is 11.5 Å². The fourth-order valence-electron chi connectivity index (χ4n) is 9.74. The standard InChI is InChI=1S/C61H66N2.C7H8.C2H6/c1-16-23-45(24-17-2)35-50-32-33-51(58(62-43(8)46(19-4)25-18-3)63-44(9)47-26-21-20-22-27-47)38-55(50)53-37-49(31-29-41(53)6)48-30-28-40(5)52(36-48)54-39-57-56(34-42(54)7)59(10,11)61(14,15)60(57,12)13;1-7-5-3-2-4-6-7;1-2/h16-34,36-39H,1,3-4,8,35H2,2,5-7,9-15H3;2-6H,1H3;1-2H3/b24-17-,45-23+,46-25+,62-58?,63-44?;;. The summed E-state index contributed by atoms with van der Waals surface area (Å²) in [6.45, 7) is 47.7. The molecule has 6 aromatic rings. The van der Waals surface area contributed by atoms with Crippen LogP contribution < -0.4 is 0 Å². The molecule has 2 heteroatoms. The summed E-state index contributed by atoms with van der Waals surface area (Å²) in [4.78, 5) is 10.3. The highest BCUT2D eigenvalue weighted by molar-refractivity contribution is 6.12. The van der Waals surface area contributed by atoms with Crippen LogP contribution in [0, 0.1) is 33.1 Å². The lowest BCUT2D eigenvalue weighted by molar-refractivity contribution is 0.125. The molecule has 0 aromatic heterocycles. The quantitative estimate of drug-likeness (QED) is 0.0626. The van der Waals surface area contributed by atoms with Gasteiger partial charge in [0.1, 0.15) is 0 Å². The fourth-order valence-corrected chi connectivity index (χ4v) is 9.74. The Balaban J connectivity index is 0.000000972. The Morgan fingerprint density at radius 1 is 0.556 bits per heavy atom. The molecule has 72 heavy (non-hydrogen) atoms. The molecule has 2 nitrogen and oxygen atoms in total. The first-order chi connectivity index (χ1) is 34.3. The average molecular weight is 949 g/mol. The van der Waals surface area contributed by atoms with Gasteiger partial charge in [-0.05, 0) is 166 Å². The summed E-state index contributed by atoms with van der Waals surface area (Å²) in [7, 11) is 0. The third-order valence-corrected chi connectivity index (χ3v) is 15.2.